The summed E-state index contributed by atoms with van der Waals surface area (Å²) in [5.74, 6) is 3.62. The molecule has 0 spiro atoms. The van der Waals surface area contributed by atoms with Gasteiger partial charge in [-0.05, 0) is 24.9 Å². The van der Waals surface area contributed by atoms with E-state index in [2.05, 4.69) is 51.5 Å². The van der Waals surface area contributed by atoms with E-state index in [-0.39, 0.29) is 58.2 Å². The van der Waals surface area contributed by atoms with Gasteiger partial charge in [-0.1, -0.05) is 22.1 Å². The number of carboxylic acids is 1. The number of aromatic nitrogens is 2. The van der Waals surface area contributed by atoms with E-state index in [1.54, 1.807) is 13.8 Å². The molecule has 1 aliphatic heterocycles. The van der Waals surface area contributed by atoms with Crippen LogP contribution in [-0.2, 0) is 42.4 Å². The maximum absolute atomic E-state index is 12.2. The molecular formula is C25H37N9O14P-. The largest absolute Gasteiger partial charge is 0.779 e. The summed E-state index contributed by atoms with van der Waals surface area (Å²) in [5, 5.41) is 27.3. The zero-order valence-corrected chi connectivity index (χ0v) is 27.6. The van der Waals surface area contributed by atoms with Gasteiger partial charge in [-0.25, -0.2) is 9.59 Å². The van der Waals surface area contributed by atoms with E-state index >= 15 is 0 Å². The molecule has 0 bridgehead atoms. The molecule has 0 saturated carbocycles. The molecular weight excluding hydrogens is 681 g/mol. The van der Waals surface area contributed by atoms with Crippen molar-refractivity contribution in [3.05, 3.63) is 53.5 Å². The highest BCUT2D eigenvalue weighted by atomic mass is 31.2. The summed E-state index contributed by atoms with van der Waals surface area (Å²) >= 11 is 0. The zero-order valence-electron chi connectivity index (χ0n) is 26.7. The van der Waals surface area contributed by atoms with Crippen molar-refractivity contribution in [2.24, 2.45) is 10.2 Å². The zero-order chi connectivity index (χ0) is 36.8. The van der Waals surface area contributed by atoms with Gasteiger partial charge in [0.25, 0.3) is 5.56 Å². The second-order valence-corrected chi connectivity index (χ2v) is 11.4. The lowest BCUT2D eigenvalue weighted by Gasteiger charge is -2.22. The minimum Gasteiger partial charge on any atom is -0.779 e. The van der Waals surface area contributed by atoms with Gasteiger partial charge in [-0.3, -0.25) is 19.1 Å². The van der Waals surface area contributed by atoms with Gasteiger partial charge >= 0.3 is 11.7 Å². The summed E-state index contributed by atoms with van der Waals surface area (Å²) in [7, 11) is -4.03. The Bertz CT molecular complexity index is 1540. The number of hydrogen-bond acceptors (Lipinski definition) is 15. The minimum absolute atomic E-state index is 0.0503. The first-order valence-corrected chi connectivity index (χ1v) is 16.2. The molecule has 23 nitrogen and oxygen atoms in total. The number of aliphatic hydroxyl groups excluding tert-OH is 1. The Kier molecular flexibility index (Phi) is 20.2. The van der Waals surface area contributed by atoms with Gasteiger partial charge in [0.15, 0.2) is 0 Å². The van der Waals surface area contributed by atoms with Crippen LogP contribution in [0.3, 0.4) is 0 Å². The molecule has 0 aliphatic carbocycles. The monoisotopic (exact) mass is 718 g/mol. The Hall–Kier alpha value is -4.29. The Labute approximate surface area is 278 Å². The summed E-state index contributed by atoms with van der Waals surface area (Å²) in [6.07, 6.45) is -3.20. The van der Waals surface area contributed by atoms with E-state index in [1.807, 2.05) is 0 Å². The van der Waals surface area contributed by atoms with Crippen LogP contribution in [0.4, 0.5) is 0 Å². The highest BCUT2D eigenvalue weighted by molar-refractivity contribution is 7.50. The molecule has 49 heavy (non-hydrogen) atoms. The van der Waals surface area contributed by atoms with Crippen LogP contribution in [-0.4, -0.2) is 116 Å². The lowest BCUT2D eigenvalue weighted by Crippen LogP contribution is -2.34. The van der Waals surface area contributed by atoms with Crippen molar-refractivity contribution in [2.45, 2.75) is 51.2 Å². The lowest BCUT2D eigenvalue weighted by molar-refractivity contribution is -0.199. The Morgan fingerprint density at radius 1 is 1.16 bits per heavy atom. The van der Waals surface area contributed by atoms with Gasteiger partial charge in [0.05, 0.1) is 45.7 Å². The van der Waals surface area contributed by atoms with Crippen LogP contribution in [0.1, 0.15) is 32.1 Å². The molecule has 0 radical (unpaired) electrons. The topological polar surface area (TPSA) is 335 Å². The van der Waals surface area contributed by atoms with Crippen molar-refractivity contribution in [2.75, 3.05) is 59.5 Å². The molecule has 4 N–H and O–H groups in total. The number of carbonyl (C=O) groups is 2. The quantitative estimate of drug-likeness (QED) is 0.0343. The summed E-state index contributed by atoms with van der Waals surface area (Å²) in [4.78, 5) is 64.4. The summed E-state index contributed by atoms with van der Waals surface area (Å²) < 4.78 is 42.2. The maximum Gasteiger partial charge on any atom is 0.330 e. The fraction of sp³-hybridized carbons (Fsp3) is 0.680. The fourth-order valence-corrected chi connectivity index (χ4v) is 3.88. The van der Waals surface area contributed by atoms with E-state index in [1.165, 1.54) is 0 Å². The molecule has 24 heteroatoms. The van der Waals surface area contributed by atoms with Crippen molar-refractivity contribution >= 4 is 19.5 Å². The molecule has 2 rings (SSSR count). The first-order valence-electron chi connectivity index (χ1n) is 14.2. The van der Waals surface area contributed by atoms with Gasteiger partial charge < -0.3 is 53.2 Å². The number of ether oxygens (including phenoxy) is 5. The minimum atomic E-state index is -4.03. The number of aromatic amines is 1. The normalized spacial score (nSPS) is 18.9. The molecule has 2 heterocycles. The number of aliphatic hydroxyl groups is 1. The molecule has 272 valence electrons. The fourth-order valence-electron chi connectivity index (χ4n) is 3.46. The average Bonchev–Trinajstić information content (AvgIpc) is 3.38. The standard InChI is InChI=1S/C19H27N6O10P.C6H11N3O4/c1-12(23-24-20)33-7-6-32-11-16(27)21-5-3-4-13-9-25(19(29)22-18(13)28)17-8-14(26)15(35-17)10-34-36(2,30)31;1-5(8-9-7)13-3-2-12-4-6(10)11/h9,12,14-15,17,26H,5-8,10-11H2,1-2H3,(H,21,27)(H,30,31)(H,22,28,29);5H,2-4H2,1H3,(H,10,11)/p-1. The van der Waals surface area contributed by atoms with Crippen LogP contribution >= 0.6 is 7.60 Å². The maximum atomic E-state index is 12.2. The van der Waals surface area contributed by atoms with Gasteiger partial charge in [-0.2, -0.15) is 0 Å². The highest BCUT2D eigenvalue weighted by Crippen LogP contribution is 2.34. The molecule has 0 aromatic carbocycles. The number of azide groups is 2. The number of aliphatic carboxylic acids is 1. The summed E-state index contributed by atoms with van der Waals surface area (Å²) in [6, 6.07) is 0. The van der Waals surface area contributed by atoms with Crippen molar-refractivity contribution in [1.29, 1.82) is 0 Å². The van der Waals surface area contributed by atoms with Crippen LogP contribution < -0.4 is 21.5 Å². The number of carboxylic acid groups (broad SMARTS) is 1. The van der Waals surface area contributed by atoms with E-state index in [0.29, 0.717) is 0 Å². The van der Waals surface area contributed by atoms with Crippen LogP contribution in [0.15, 0.2) is 26.0 Å². The van der Waals surface area contributed by atoms with Crippen LogP contribution in [0.5, 0.6) is 0 Å². The van der Waals surface area contributed by atoms with E-state index in [4.69, 9.17) is 35.1 Å². The van der Waals surface area contributed by atoms with Gasteiger partial charge in [-0.15, -0.1) is 0 Å². The second-order valence-electron chi connectivity index (χ2n) is 9.64. The van der Waals surface area contributed by atoms with Gasteiger partial charge in [0.1, 0.15) is 51.2 Å². The number of H-pyrrole nitrogens is 1. The second kappa shape index (κ2) is 23.1. The third-order valence-electron chi connectivity index (χ3n) is 5.61. The molecule has 1 saturated heterocycles. The molecule has 1 aliphatic rings. The number of amides is 1. The van der Waals surface area contributed by atoms with Crippen molar-refractivity contribution < 1.29 is 57.5 Å². The molecule has 1 aromatic heterocycles. The van der Waals surface area contributed by atoms with Crippen LogP contribution in [0.25, 0.3) is 20.9 Å². The van der Waals surface area contributed by atoms with Crippen molar-refractivity contribution in [1.82, 2.24) is 14.9 Å². The molecule has 6 atom stereocenters. The third-order valence-corrected chi connectivity index (χ3v) is 6.23. The number of rotatable bonds is 19. The van der Waals surface area contributed by atoms with Crippen molar-refractivity contribution in [3.8, 4) is 11.8 Å². The Balaban J connectivity index is 0.000000779. The summed E-state index contributed by atoms with van der Waals surface area (Å²) in [6.45, 7) is 3.45. The number of hydrogen-bond donors (Lipinski definition) is 4. The van der Waals surface area contributed by atoms with E-state index < -0.39 is 68.2 Å². The van der Waals surface area contributed by atoms with Crippen molar-refractivity contribution in [3.63, 3.8) is 0 Å². The number of carbonyl (C=O) groups excluding carboxylic acids is 1. The number of nitrogens with zero attached hydrogens (tertiary/aromatic N) is 7. The molecule has 1 amide bonds. The lowest BCUT2D eigenvalue weighted by atomic mass is 10.2. The Morgan fingerprint density at radius 2 is 1.76 bits per heavy atom. The van der Waals surface area contributed by atoms with Gasteiger partial charge in [0.2, 0.25) is 5.91 Å². The van der Waals surface area contributed by atoms with Crippen LogP contribution in [0, 0.1) is 11.8 Å². The van der Waals surface area contributed by atoms with E-state index in [0.717, 1.165) is 17.4 Å². The molecule has 1 aromatic rings. The predicted octanol–water partition coefficient (Wildman–Crippen LogP) is -0.697. The smallest absolute Gasteiger partial charge is 0.330 e. The predicted molar refractivity (Wildman–Crippen MR) is 164 cm³/mol. The van der Waals surface area contributed by atoms with Crippen LogP contribution in [0.2, 0.25) is 0 Å². The third kappa shape index (κ3) is 19.3. The first-order chi connectivity index (χ1) is 23.2. The Morgan fingerprint density at radius 3 is 2.31 bits per heavy atom. The first kappa shape index (κ1) is 42.7. The molecule has 1 fully saturated rings. The molecule has 6 unspecified atom stereocenters. The average molecular weight is 719 g/mol. The van der Waals surface area contributed by atoms with Gasteiger partial charge in [0, 0.05) is 29.1 Å². The summed E-state index contributed by atoms with van der Waals surface area (Å²) in [5.41, 5.74) is 14.6. The van der Waals surface area contributed by atoms with E-state index in [9.17, 15) is 33.7 Å². The highest BCUT2D eigenvalue weighted by Gasteiger charge is 2.36. The number of nitrogens with one attached hydrogen (secondary N) is 2. The SMILES string of the molecule is CC(N=[N+]=[N-])OCCOCC(=O)NCC#Cc1cn(C2CC(O)C(COP(C)(=O)[O-])O2)c(=O)[nH]c1=O.CC(N=[N+]=[N-])OCCOCC(=O)O.